The summed E-state index contributed by atoms with van der Waals surface area (Å²) in [5, 5.41) is 0. The summed E-state index contributed by atoms with van der Waals surface area (Å²) < 4.78 is 15.6. The van der Waals surface area contributed by atoms with E-state index in [4.69, 9.17) is 0 Å². The Kier molecular flexibility index (Phi) is 4.16. The lowest BCUT2D eigenvalue weighted by atomic mass is 10.0. The van der Waals surface area contributed by atoms with Crippen LogP contribution >= 0.6 is 0 Å². The standard InChI is InChI=1S/C17H22FN3O/c1-12(2)14(18)11-20-9-7-13(8-10-20)21-16-6-4-3-5-15(16)19-17(21)22/h3-6,13H,7-11H2,1-2H3,(H,19,22). The van der Waals surface area contributed by atoms with Crippen LogP contribution < -0.4 is 5.69 Å². The van der Waals surface area contributed by atoms with Crippen molar-refractivity contribution in [2.24, 2.45) is 0 Å². The van der Waals surface area contributed by atoms with E-state index in [0.29, 0.717) is 6.54 Å². The van der Waals surface area contributed by atoms with Crippen LogP contribution in [-0.2, 0) is 0 Å². The number of allylic oxidation sites excluding steroid dienone is 1. The van der Waals surface area contributed by atoms with Crippen molar-refractivity contribution in [3.63, 3.8) is 0 Å². The number of piperidine rings is 1. The number of halogens is 1. The van der Waals surface area contributed by atoms with Crippen molar-refractivity contribution in [2.45, 2.75) is 32.7 Å². The molecule has 1 saturated heterocycles. The minimum Gasteiger partial charge on any atom is -0.306 e. The SMILES string of the molecule is CC(C)=C(F)CN1CCC(n2c(=O)[nH]c3ccccc32)CC1. The van der Waals surface area contributed by atoms with Gasteiger partial charge in [0.2, 0.25) is 0 Å². The number of imidazole rings is 1. The number of aromatic amines is 1. The third-order valence-corrected chi connectivity index (χ3v) is 4.45. The molecule has 2 aromatic rings. The molecule has 1 N–H and O–H groups in total. The summed E-state index contributed by atoms with van der Waals surface area (Å²) in [6.45, 7) is 5.62. The van der Waals surface area contributed by atoms with Gasteiger partial charge < -0.3 is 4.98 Å². The van der Waals surface area contributed by atoms with Gasteiger partial charge in [0.15, 0.2) is 0 Å². The number of nitrogens with zero attached hydrogens (tertiary/aromatic N) is 2. The van der Waals surface area contributed by atoms with Crippen molar-refractivity contribution in [3.05, 3.63) is 46.1 Å². The highest BCUT2D eigenvalue weighted by molar-refractivity contribution is 5.75. The summed E-state index contributed by atoms with van der Waals surface area (Å²) in [6.07, 6.45) is 1.75. The third kappa shape index (κ3) is 2.86. The molecule has 0 unspecified atom stereocenters. The normalized spacial score (nSPS) is 17.0. The van der Waals surface area contributed by atoms with Crippen LogP contribution in [0.2, 0.25) is 0 Å². The van der Waals surface area contributed by atoms with Gasteiger partial charge in [0.25, 0.3) is 0 Å². The van der Waals surface area contributed by atoms with Crippen molar-refractivity contribution in [3.8, 4) is 0 Å². The van der Waals surface area contributed by atoms with Crippen LogP contribution in [0.5, 0.6) is 0 Å². The van der Waals surface area contributed by atoms with Gasteiger partial charge in [-0.05, 0) is 44.4 Å². The van der Waals surface area contributed by atoms with Gasteiger partial charge >= 0.3 is 5.69 Å². The van der Waals surface area contributed by atoms with Crippen molar-refractivity contribution in [1.82, 2.24) is 14.5 Å². The fourth-order valence-electron chi connectivity index (χ4n) is 3.13. The zero-order valence-electron chi connectivity index (χ0n) is 13.1. The Morgan fingerprint density at radius 3 is 2.64 bits per heavy atom. The van der Waals surface area contributed by atoms with Crippen LogP contribution in [0.4, 0.5) is 4.39 Å². The smallest absolute Gasteiger partial charge is 0.306 e. The van der Waals surface area contributed by atoms with E-state index >= 15 is 0 Å². The molecule has 0 aliphatic carbocycles. The number of rotatable bonds is 3. The first-order valence-corrected chi connectivity index (χ1v) is 7.79. The second kappa shape index (κ2) is 6.08. The molecule has 0 radical (unpaired) electrons. The highest BCUT2D eigenvalue weighted by Gasteiger charge is 2.24. The molecule has 1 aromatic carbocycles. The Morgan fingerprint density at radius 2 is 1.95 bits per heavy atom. The molecule has 0 spiro atoms. The van der Waals surface area contributed by atoms with Gasteiger partial charge in [-0.25, -0.2) is 9.18 Å². The van der Waals surface area contributed by atoms with E-state index in [1.165, 1.54) is 0 Å². The van der Waals surface area contributed by atoms with Crippen LogP contribution in [0.25, 0.3) is 11.0 Å². The summed E-state index contributed by atoms with van der Waals surface area (Å²) in [6, 6.07) is 7.96. The van der Waals surface area contributed by atoms with Crippen molar-refractivity contribution in [1.29, 1.82) is 0 Å². The highest BCUT2D eigenvalue weighted by atomic mass is 19.1. The Balaban J connectivity index is 1.75. The quantitative estimate of drug-likeness (QED) is 0.946. The van der Waals surface area contributed by atoms with E-state index in [1.807, 2.05) is 28.8 Å². The summed E-state index contributed by atoms with van der Waals surface area (Å²) >= 11 is 0. The summed E-state index contributed by atoms with van der Waals surface area (Å²) in [7, 11) is 0. The van der Waals surface area contributed by atoms with E-state index in [9.17, 15) is 9.18 Å². The molecule has 5 heteroatoms. The number of hydrogen-bond acceptors (Lipinski definition) is 2. The number of likely N-dealkylation sites (tertiary alicyclic amines) is 1. The van der Waals surface area contributed by atoms with E-state index in [2.05, 4.69) is 9.88 Å². The number of para-hydroxylation sites is 2. The van der Waals surface area contributed by atoms with Gasteiger partial charge in [0, 0.05) is 19.1 Å². The Morgan fingerprint density at radius 1 is 1.27 bits per heavy atom. The maximum atomic E-state index is 13.7. The average molecular weight is 303 g/mol. The summed E-state index contributed by atoms with van der Waals surface area (Å²) in [4.78, 5) is 17.2. The van der Waals surface area contributed by atoms with Crippen LogP contribution in [-0.4, -0.2) is 34.1 Å². The van der Waals surface area contributed by atoms with E-state index in [0.717, 1.165) is 42.5 Å². The molecule has 1 aliphatic heterocycles. The fourth-order valence-corrected chi connectivity index (χ4v) is 3.13. The van der Waals surface area contributed by atoms with Crippen LogP contribution in [0.1, 0.15) is 32.7 Å². The van der Waals surface area contributed by atoms with Crippen molar-refractivity contribution >= 4 is 11.0 Å². The van der Waals surface area contributed by atoms with Gasteiger partial charge in [-0.3, -0.25) is 9.47 Å². The van der Waals surface area contributed by atoms with Gasteiger partial charge in [-0.1, -0.05) is 12.1 Å². The molecular formula is C17H22FN3O. The van der Waals surface area contributed by atoms with E-state index < -0.39 is 0 Å². The van der Waals surface area contributed by atoms with Crippen molar-refractivity contribution in [2.75, 3.05) is 19.6 Å². The lowest BCUT2D eigenvalue weighted by molar-refractivity contribution is 0.190. The molecule has 3 rings (SSSR count). The van der Waals surface area contributed by atoms with Crippen LogP contribution in [0, 0.1) is 0 Å². The summed E-state index contributed by atoms with van der Waals surface area (Å²) in [5.41, 5.74) is 2.54. The van der Waals surface area contributed by atoms with Gasteiger partial charge in [0.05, 0.1) is 17.6 Å². The number of fused-ring (bicyclic) bond motifs is 1. The topological polar surface area (TPSA) is 41.0 Å². The Hall–Kier alpha value is -1.88. The Bertz CT molecular complexity index is 747. The van der Waals surface area contributed by atoms with E-state index in [1.54, 1.807) is 13.8 Å². The number of benzene rings is 1. The van der Waals surface area contributed by atoms with E-state index in [-0.39, 0.29) is 17.6 Å². The van der Waals surface area contributed by atoms with Gasteiger partial charge in [0.1, 0.15) is 5.83 Å². The minimum absolute atomic E-state index is 0.0392. The number of hydrogen-bond donors (Lipinski definition) is 1. The van der Waals surface area contributed by atoms with Crippen LogP contribution in [0.15, 0.2) is 40.5 Å². The molecule has 4 nitrogen and oxygen atoms in total. The Labute approximate surface area is 129 Å². The number of nitrogens with one attached hydrogen (secondary N) is 1. The molecule has 0 atom stereocenters. The zero-order valence-corrected chi connectivity index (χ0v) is 13.1. The number of H-pyrrole nitrogens is 1. The lowest BCUT2D eigenvalue weighted by Crippen LogP contribution is -2.37. The highest BCUT2D eigenvalue weighted by Crippen LogP contribution is 2.25. The largest absolute Gasteiger partial charge is 0.326 e. The van der Waals surface area contributed by atoms with Gasteiger partial charge in [-0.15, -0.1) is 0 Å². The van der Waals surface area contributed by atoms with Crippen LogP contribution in [0.3, 0.4) is 0 Å². The molecule has 2 heterocycles. The second-order valence-electron chi connectivity index (χ2n) is 6.23. The molecule has 0 amide bonds. The second-order valence-corrected chi connectivity index (χ2v) is 6.23. The monoisotopic (exact) mass is 303 g/mol. The molecule has 1 fully saturated rings. The van der Waals surface area contributed by atoms with Gasteiger partial charge in [-0.2, -0.15) is 0 Å². The third-order valence-electron chi connectivity index (χ3n) is 4.45. The molecule has 1 aliphatic rings. The molecule has 0 bridgehead atoms. The zero-order chi connectivity index (χ0) is 15.7. The first kappa shape index (κ1) is 15.0. The lowest BCUT2D eigenvalue weighted by Gasteiger charge is -2.32. The molecule has 0 saturated carbocycles. The maximum Gasteiger partial charge on any atom is 0.326 e. The maximum absolute atomic E-state index is 13.7. The molecule has 22 heavy (non-hydrogen) atoms. The molecule has 118 valence electrons. The fraction of sp³-hybridized carbons (Fsp3) is 0.471. The predicted molar refractivity (Wildman–Crippen MR) is 86.8 cm³/mol. The predicted octanol–water partition coefficient (Wildman–Crippen LogP) is 3.23. The average Bonchev–Trinajstić information content (AvgIpc) is 2.84. The van der Waals surface area contributed by atoms with Crippen molar-refractivity contribution < 1.29 is 4.39 Å². The summed E-state index contributed by atoms with van der Waals surface area (Å²) in [5.74, 6) is -0.0392. The molecule has 1 aromatic heterocycles. The number of aromatic nitrogens is 2. The minimum atomic E-state index is -0.0462. The first-order valence-electron chi connectivity index (χ1n) is 7.79. The molecular weight excluding hydrogens is 281 g/mol. The first-order chi connectivity index (χ1) is 10.6.